The van der Waals surface area contributed by atoms with Crippen LogP contribution in [-0.2, 0) is 0 Å². The molecule has 5 aromatic carbocycles. The molecule has 0 aliphatic rings. The van der Waals surface area contributed by atoms with Crippen LogP contribution in [-0.4, -0.2) is 105 Å². The zero-order valence-corrected chi connectivity index (χ0v) is 55.1. The summed E-state index contributed by atoms with van der Waals surface area (Å²) in [5.41, 5.74) is 25.9. The predicted octanol–water partition coefficient (Wildman–Crippen LogP) is 14.6. The molecule has 5 heterocycles. The smallest absolute Gasteiger partial charge is 0.354 e. The molecule has 30 heteroatoms. The highest BCUT2D eigenvalue weighted by molar-refractivity contribution is 6.67. The normalized spacial score (nSPS) is 11.7. The van der Waals surface area contributed by atoms with Crippen molar-refractivity contribution in [1.82, 2.24) is 40.9 Å². The molecule has 0 unspecified atom stereocenters. The maximum Gasteiger partial charge on any atom is 0.354 e. The van der Waals surface area contributed by atoms with E-state index in [0.717, 1.165) is 21.8 Å². The Morgan fingerprint density at radius 3 is 1.24 bits per heavy atom. The van der Waals surface area contributed by atoms with Crippen LogP contribution in [0.4, 0.5) is 37.6 Å². The number of halogens is 6. The molecule has 24 nitrogen and oxygen atoms in total. The molecule has 0 aliphatic carbocycles. The monoisotopic (exact) mass is 1470 g/mol. The number of urea groups is 1. The number of pyridine rings is 5. The molecule has 10 aromatic rings. The zero-order valence-electron chi connectivity index (χ0n) is 64.3. The number of benzene rings is 5. The lowest BCUT2D eigenvalue weighted by molar-refractivity contribution is 0.0689. The quantitative estimate of drug-likeness (QED) is 0.0325. The summed E-state index contributed by atoms with van der Waals surface area (Å²) >= 11 is 28.0. The van der Waals surface area contributed by atoms with E-state index in [1.54, 1.807) is 133 Å². The number of nitrogen functional groups attached to an aromatic ring is 3. The highest BCUT2D eigenvalue weighted by atomic mass is 35.5. The summed E-state index contributed by atoms with van der Waals surface area (Å²) in [4.78, 5) is 86.2. The van der Waals surface area contributed by atoms with Crippen LogP contribution >= 0.6 is 58.0 Å². The van der Waals surface area contributed by atoms with Crippen LogP contribution in [0.2, 0.25) is 20.1 Å². The number of nitrogens with zero attached hydrogens (tertiary/aromatic N) is 5. The Bertz CT molecular complexity index is 4590. The summed E-state index contributed by atoms with van der Waals surface area (Å²) in [6.45, 7) is -6.17. The predicted molar refractivity (Wildman–Crippen MR) is 392 cm³/mol. The minimum Gasteiger partial charge on any atom is -0.508 e. The second-order valence-electron chi connectivity index (χ2n) is 18.1. The number of rotatable bonds is 11. The van der Waals surface area contributed by atoms with E-state index in [2.05, 4.69) is 41.3 Å². The Morgan fingerprint density at radius 1 is 0.475 bits per heavy atom. The topological polar surface area (TPSA) is 390 Å². The third-order valence-electron chi connectivity index (χ3n) is 11.0. The Labute approximate surface area is 615 Å². The number of hydrogen-bond acceptors (Lipinski definition) is 18. The van der Waals surface area contributed by atoms with E-state index in [1.807, 2.05) is 30.5 Å². The third-order valence-corrected chi connectivity index (χ3v) is 12.5. The van der Waals surface area contributed by atoms with E-state index in [4.69, 9.17) is 113 Å². The van der Waals surface area contributed by atoms with E-state index in [0.29, 0.717) is 60.8 Å². The number of aryl methyl sites for hydroxylation is 2. The lowest BCUT2D eigenvalue weighted by atomic mass is 10.2. The van der Waals surface area contributed by atoms with E-state index in [9.17, 15) is 33.2 Å². The Balaban J connectivity index is 0.000000680. The standard InChI is InChI=1S/C21H19ClN4O3.C13H13N3O2.C7H7ClN2O.C7H8ClN.C6H3Cl2NO.C6H5NO2.C6H7NO.CH3F.CH5N.CH4/c1-13-11-15(5-8-18(13)22)26-21(28)25-14-3-6-16(7-4-14)29-17-9-10-24-19(12-17)20(27)23-2;1-15-13(17)12-8-11(6-7-16-12)18-10-4-2-9(14)3-5-10;1-9-7(11)6-4-5(8)2-3-10-6;1-5-4-6(9)2-3-7(5)8;7-4-1-2-9-5(3-4)6(8)10;8-6(9)5-3-1-2-4-7-5;7-5-1-3-6(8)4-2-5;2*1-2;/h3-12H,1-2H3,(H,23,27)(H2,25,26,28);2-8H,14H2,1H3,(H,15,17);2-4H,1H3,(H,9,11);2-4H,9H2,1H3;1-3H;1-4H,(H,8,9);1-4,8H,7H2;1H3;2H2,1H3;1H4/i2D3;2*1D3;;;;;1D;1D3;. The first-order valence-electron chi connectivity index (χ1n) is 33.7. The van der Waals surface area contributed by atoms with Gasteiger partial charge in [-0.05, 0) is 201 Å². The first-order valence-corrected chi connectivity index (χ1v) is 28.9. The molecule has 522 valence electrons. The maximum atomic E-state index is 12.2. The van der Waals surface area contributed by atoms with Crippen molar-refractivity contribution in [3.63, 3.8) is 0 Å². The molecule has 10 rings (SSSR count). The van der Waals surface area contributed by atoms with Gasteiger partial charge in [0.15, 0.2) is 0 Å². The first kappa shape index (κ1) is 65.1. The van der Waals surface area contributed by atoms with Crippen LogP contribution in [0.3, 0.4) is 0 Å². The molecule has 0 aliphatic heterocycles. The number of ether oxygens (including phenoxy) is 2. The molecular formula is C69H74Cl5FN14O10. The van der Waals surface area contributed by atoms with Crippen LogP contribution in [0, 0.1) is 13.8 Å². The van der Waals surface area contributed by atoms with Crippen molar-refractivity contribution in [2.75, 3.05) is 62.9 Å². The van der Waals surface area contributed by atoms with Gasteiger partial charge < -0.3 is 69.2 Å². The summed E-state index contributed by atoms with van der Waals surface area (Å²) in [6.07, 6.45) is 6.90. The number of carboxylic acid groups (broad SMARTS) is 1. The number of aromatic nitrogens is 5. The van der Waals surface area contributed by atoms with Gasteiger partial charge in [-0.15, -0.1) is 0 Å². The number of anilines is 5. The average Bonchev–Trinajstić information content (AvgIpc) is 0.847. The van der Waals surface area contributed by atoms with E-state index in [1.165, 1.54) is 73.4 Å². The molecule has 0 bridgehead atoms. The first-order chi connectivity index (χ1) is 51.7. The van der Waals surface area contributed by atoms with Gasteiger partial charge in [-0.1, -0.05) is 59.9 Å². The maximum absolute atomic E-state index is 12.2. The van der Waals surface area contributed by atoms with Gasteiger partial charge in [-0.2, -0.15) is 0 Å². The van der Waals surface area contributed by atoms with Gasteiger partial charge in [0.2, 0.25) is 0 Å². The summed E-state index contributed by atoms with van der Waals surface area (Å²) in [7, 11) is -1.00. The fourth-order valence-corrected chi connectivity index (χ4v) is 7.15. The van der Waals surface area contributed by atoms with Gasteiger partial charge in [0.1, 0.15) is 57.2 Å². The Morgan fingerprint density at radius 2 is 0.859 bits per heavy atom. The van der Waals surface area contributed by atoms with Crippen molar-refractivity contribution >= 4 is 121 Å². The molecule has 99 heavy (non-hydrogen) atoms. The zero-order chi connectivity index (χ0) is 83.8. The SMILES string of the molecule is C.Cc1cc(N)ccc1Cl.Nc1ccc(O)cc1.O=C(Cl)c1cc(Cl)ccn1.O=C(O)c1ccccn1.[2H]C([2H])([2H])N.[2H]C([2H])([2H])NC(=O)c1cc(Cl)ccn1.[2H]C([2H])([2H])NC(=O)c1cc(Oc2ccc(N)cc2)ccn1.[2H]C([2H])([2H])NC(=O)c1cc(Oc2ccc(NC(=O)Nc3ccc(Cl)c(C)c3)cc2)ccn1.[2H]CF. The van der Waals surface area contributed by atoms with Crippen molar-refractivity contribution in [2.45, 2.75) is 21.3 Å². The van der Waals surface area contributed by atoms with E-state index in [-0.39, 0.29) is 41.6 Å². The van der Waals surface area contributed by atoms with Gasteiger partial charge in [0.25, 0.3) is 23.0 Å². The van der Waals surface area contributed by atoms with Gasteiger partial charge >= 0.3 is 12.0 Å². The van der Waals surface area contributed by atoms with Gasteiger partial charge in [-0.3, -0.25) is 43.5 Å². The highest BCUT2D eigenvalue weighted by Gasteiger charge is 2.11. The van der Waals surface area contributed by atoms with Gasteiger partial charge in [0, 0.05) is 129 Å². The number of carbonyl (C=O) groups excluding carboxylic acids is 5. The number of carboxylic acids is 1. The molecule has 5 aromatic heterocycles. The number of aromatic hydroxyl groups is 1. The average molecular weight is 1470 g/mol. The van der Waals surface area contributed by atoms with Crippen molar-refractivity contribution in [3.05, 3.63) is 267 Å². The number of phenols is 1. The minimum absolute atomic E-state index is 0. The van der Waals surface area contributed by atoms with Crippen molar-refractivity contribution in [1.29, 1.82) is 0 Å². The molecule has 0 spiro atoms. The number of carbonyl (C=O) groups is 6. The van der Waals surface area contributed by atoms with Crippen LogP contribution < -0.4 is 59.0 Å². The lowest BCUT2D eigenvalue weighted by Gasteiger charge is -2.10. The summed E-state index contributed by atoms with van der Waals surface area (Å²) in [5, 5.41) is 29.6. The summed E-state index contributed by atoms with van der Waals surface area (Å²) in [6, 6.07) is 46.2. The Hall–Kier alpha value is -11.2. The number of phenolic OH excluding ortho intramolecular Hbond substituents is 1. The molecule has 0 saturated heterocycles. The lowest BCUT2D eigenvalue weighted by Crippen LogP contribution is -2.19. The van der Waals surface area contributed by atoms with Crippen molar-refractivity contribution in [3.8, 4) is 28.7 Å². The minimum atomic E-state index is -2.61. The number of hydrogen-bond donors (Lipinski definition) is 11. The number of nitrogens with one attached hydrogen (secondary N) is 5. The van der Waals surface area contributed by atoms with Gasteiger partial charge in [-0.25, -0.2) is 14.6 Å². The second kappa shape index (κ2) is 47.7. The molecule has 0 saturated carbocycles. The highest BCUT2D eigenvalue weighted by Crippen LogP contribution is 2.26. The van der Waals surface area contributed by atoms with Crippen molar-refractivity contribution in [2.24, 2.45) is 5.73 Å². The van der Waals surface area contributed by atoms with Crippen LogP contribution in [0.5, 0.6) is 28.7 Å². The number of nitrogens with two attached hydrogens (primary N) is 4. The largest absolute Gasteiger partial charge is 0.508 e. The molecule has 0 fully saturated rings. The van der Waals surface area contributed by atoms with E-state index >= 15 is 0 Å². The fraction of sp³-hybridized carbons (Fsp3) is 0.116. The molecule has 0 atom stereocenters. The van der Waals surface area contributed by atoms with Gasteiger partial charge in [0.05, 0.1) is 8.52 Å². The number of amides is 5. The number of alkyl halides is 1. The molecular weight excluding hydrogens is 1380 g/mol. The third kappa shape index (κ3) is 34.4. The second-order valence-corrected chi connectivity index (χ2v) is 20.1. The Kier molecular flexibility index (Phi) is 31.3. The van der Waals surface area contributed by atoms with Crippen LogP contribution in [0.15, 0.2) is 207 Å². The van der Waals surface area contributed by atoms with E-state index < -0.39 is 70.0 Å². The molecule has 5 amide bonds. The molecule has 15 N–H and O–H groups in total. The number of aromatic carboxylic acids is 1. The van der Waals surface area contributed by atoms with Crippen LogP contribution in [0.25, 0.3) is 0 Å². The summed E-state index contributed by atoms with van der Waals surface area (Å²) in [5.74, 6) is -1.50. The fourth-order valence-electron chi connectivity index (χ4n) is 6.49. The van der Waals surface area contributed by atoms with Crippen LogP contribution in [0.1, 0.15) is 88.8 Å². The summed E-state index contributed by atoms with van der Waals surface area (Å²) < 4.78 is 108. The molecule has 0 radical (unpaired) electrons. The van der Waals surface area contributed by atoms with Crippen molar-refractivity contribution < 1.29 is 70.7 Å².